The Morgan fingerprint density at radius 3 is 2.24 bits per heavy atom. The summed E-state index contributed by atoms with van der Waals surface area (Å²) in [7, 11) is -1.75. The van der Waals surface area contributed by atoms with Gasteiger partial charge in [-0.15, -0.1) is 0 Å². The summed E-state index contributed by atoms with van der Waals surface area (Å²) in [5.41, 5.74) is -0.236. The lowest BCUT2D eigenvalue weighted by Crippen LogP contribution is -2.55. The fraction of sp³-hybridized carbons (Fsp3) is 0.517. The topological polar surface area (TPSA) is 78.0 Å². The SMILES string of the molecule is CC(C)N(C)[C@@H]1CC[C@H](N2CC[C@H](N(C(=O)C(F)(F)F)c3cc(Cl)cc(Cl)c3)C2=O)[C@@H](CS(=O)(=O)c2ccccc2)C1. The van der Waals surface area contributed by atoms with Gasteiger partial charge in [-0.1, -0.05) is 41.4 Å². The number of anilines is 1. The third-order valence-corrected chi connectivity index (χ3v) is 10.6. The third-order valence-electron chi connectivity index (χ3n) is 8.35. The highest BCUT2D eigenvalue weighted by Gasteiger charge is 2.51. The van der Waals surface area contributed by atoms with Crippen LogP contribution in [0.3, 0.4) is 0 Å². The summed E-state index contributed by atoms with van der Waals surface area (Å²) in [5.74, 6) is -3.54. The molecule has 1 aliphatic carbocycles. The zero-order chi connectivity index (χ0) is 31.0. The molecular formula is C29H34Cl2F3N3O4S. The Hall–Kier alpha value is -2.34. The molecule has 4 rings (SSSR count). The van der Waals surface area contributed by atoms with Crippen molar-refractivity contribution in [1.29, 1.82) is 0 Å². The van der Waals surface area contributed by atoms with Gasteiger partial charge in [-0.3, -0.25) is 14.5 Å². The summed E-state index contributed by atoms with van der Waals surface area (Å²) in [6, 6.07) is 10.0. The first-order chi connectivity index (χ1) is 19.6. The Kier molecular flexibility index (Phi) is 9.86. The average Bonchev–Trinajstić information content (AvgIpc) is 3.28. The molecule has 1 saturated heterocycles. The molecule has 1 saturated carbocycles. The van der Waals surface area contributed by atoms with Crippen LogP contribution in [-0.2, 0) is 19.4 Å². The Morgan fingerprint density at radius 2 is 1.67 bits per heavy atom. The van der Waals surface area contributed by atoms with Crippen LogP contribution in [0.25, 0.3) is 0 Å². The predicted molar refractivity (Wildman–Crippen MR) is 156 cm³/mol. The van der Waals surface area contributed by atoms with E-state index in [2.05, 4.69) is 4.90 Å². The van der Waals surface area contributed by atoms with Crippen molar-refractivity contribution >= 4 is 50.5 Å². The van der Waals surface area contributed by atoms with Crippen LogP contribution in [0.15, 0.2) is 53.4 Å². The summed E-state index contributed by atoms with van der Waals surface area (Å²) in [6.45, 7) is 4.17. The van der Waals surface area contributed by atoms with Gasteiger partial charge in [-0.25, -0.2) is 8.42 Å². The van der Waals surface area contributed by atoms with E-state index < -0.39 is 45.8 Å². The minimum absolute atomic E-state index is 0.0125. The van der Waals surface area contributed by atoms with Crippen LogP contribution < -0.4 is 4.90 Å². The van der Waals surface area contributed by atoms with E-state index in [4.69, 9.17) is 23.2 Å². The number of hydrogen-bond acceptors (Lipinski definition) is 5. The molecule has 2 amide bonds. The van der Waals surface area contributed by atoms with Crippen LogP contribution in [0.5, 0.6) is 0 Å². The molecule has 4 atom stereocenters. The van der Waals surface area contributed by atoms with Gasteiger partial charge in [0.1, 0.15) is 6.04 Å². The Bertz CT molecular complexity index is 1390. The Balaban J connectivity index is 1.67. The number of halogens is 5. The molecule has 0 spiro atoms. The lowest BCUT2D eigenvalue weighted by atomic mass is 9.81. The normalized spacial score (nSPS) is 23.6. The molecule has 2 aliphatic rings. The first kappa shape index (κ1) is 32.6. The van der Waals surface area contributed by atoms with Gasteiger partial charge in [0.05, 0.1) is 10.6 Å². The van der Waals surface area contributed by atoms with Crippen LogP contribution in [-0.4, -0.2) is 79.7 Å². The maximum atomic E-state index is 13.9. The monoisotopic (exact) mass is 647 g/mol. The van der Waals surface area contributed by atoms with E-state index in [0.717, 1.165) is 12.1 Å². The number of benzene rings is 2. The highest BCUT2D eigenvalue weighted by molar-refractivity contribution is 7.91. The van der Waals surface area contributed by atoms with Crippen molar-refractivity contribution < 1.29 is 31.2 Å². The number of likely N-dealkylation sites (tertiary alicyclic amines) is 1. The van der Waals surface area contributed by atoms with Crippen molar-refractivity contribution in [2.24, 2.45) is 5.92 Å². The second kappa shape index (κ2) is 12.7. The number of rotatable bonds is 8. The molecule has 0 bridgehead atoms. The molecule has 1 aliphatic heterocycles. The van der Waals surface area contributed by atoms with E-state index >= 15 is 0 Å². The fourth-order valence-electron chi connectivity index (χ4n) is 6.12. The summed E-state index contributed by atoms with van der Waals surface area (Å²) in [6.07, 6.45) is -3.66. The minimum atomic E-state index is -5.26. The second-order valence-electron chi connectivity index (χ2n) is 11.3. The standard InChI is InChI=1S/C29H34Cl2F3N3O4S/c1-18(2)35(3)22-9-10-25(19(13-22)17-42(40,41)24-7-5-4-6-8-24)36-12-11-26(27(36)38)37(28(39)29(32,33)34)23-15-20(30)14-21(31)16-23/h4-8,14-16,18-19,22,25-26H,9-13,17H2,1-3H3/t19-,22-,25+,26+/m1/s1. The van der Waals surface area contributed by atoms with E-state index in [1.165, 1.54) is 23.1 Å². The molecule has 2 aromatic carbocycles. The quantitative estimate of drug-likeness (QED) is 0.360. The molecule has 0 N–H and O–H groups in total. The Morgan fingerprint density at radius 1 is 1.05 bits per heavy atom. The van der Waals surface area contributed by atoms with Crippen molar-refractivity contribution in [3.63, 3.8) is 0 Å². The largest absolute Gasteiger partial charge is 0.471 e. The lowest BCUT2D eigenvalue weighted by Gasteiger charge is -2.44. The number of carbonyl (C=O) groups is 2. The van der Waals surface area contributed by atoms with Crippen molar-refractivity contribution in [3.05, 3.63) is 58.6 Å². The summed E-state index contributed by atoms with van der Waals surface area (Å²) in [5, 5.41) is 0.0251. The van der Waals surface area contributed by atoms with E-state index in [1.54, 1.807) is 18.2 Å². The molecular weight excluding hydrogens is 614 g/mol. The Labute approximate surface area is 254 Å². The van der Waals surface area contributed by atoms with E-state index in [-0.39, 0.29) is 51.4 Å². The molecule has 2 aromatic rings. The molecule has 1 heterocycles. The summed E-state index contributed by atoms with van der Waals surface area (Å²) in [4.78, 5) is 30.8. The zero-order valence-corrected chi connectivity index (χ0v) is 25.8. The van der Waals surface area contributed by atoms with E-state index in [1.807, 2.05) is 20.9 Å². The van der Waals surface area contributed by atoms with Crippen LogP contribution in [0.2, 0.25) is 10.0 Å². The van der Waals surface area contributed by atoms with Crippen molar-refractivity contribution in [3.8, 4) is 0 Å². The van der Waals surface area contributed by atoms with E-state index in [9.17, 15) is 31.2 Å². The highest BCUT2D eigenvalue weighted by Crippen LogP contribution is 2.38. The van der Waals surface area contributed by atoms with Crippen molar-refractivity contribution in [1.82, 2.24) is 9.80 Å². The van der Waals surface area contributed by atoms with Gasteiger partial charge in [0, 0.05) is 40.4 Å². The zero-order valence-electron chi connectivity index (χ0n) is 23.5. The number of nitrogens with zero attached hydrogens (tertiary/aromatic N) is 3. The predicted octanol–water partition coefficient (Wildman–Crippen LogP) is 5.84. The first-order valence-corrected chi connectivity index (χ1v) is 16.2. The molecule has 230 valence electrons. The number of hydrogen-bond donors (Lipinski definition) is 0. The third kappa shape index (κ3) is 7.06. The highest BCUT2D eigenvalue weighted by atomic mass is 35.5. The molecule has 7 nitrogen and oxygen atoms in total. The molecule has 13 heteroatoms. The molecule has 0 aromatic heterocycles. The summed E-state index contributed by atoms with van der Waals surface area (Å²) < 4.78 is 68.2. The van der Waals surface area contributed by atoms with Crippen LogP contribution >= 0.6 is 23.2 Å². The smallest absolute Gasteiger partial charge is 0.338 e. The summed E-state index contributed by atoms with van der Waals surface area (Å²) >= 11 is 12.1. The van der Waals surface area contributed by atoms with Crippen molar-refractivity contribution in [2.45, 2.75) is 74.8 Å². The number of alkyl halides is 3. The van der Waals surface area contributed by atoms with Crippen molar-refractivity contribution in [2.75, 3.05) is 24.2 Å². The van der Waals surface area contributed by atoms with Crippen LogP contribution in [0, 0.1) is 5.92 Å². The number of sulfone groups is 1. The van der Waals surface area contributed by atoms with Gasteiger partial charge in [-0.05, 0) is 82.8 Å². The molecule has 2 fully saturated rings. The van der Waals surface area contributed by atoms with Crippen LogP contribution in [0.1, 0.15) is 39.5 Å². The van der Waals surface area contributed by atoms with Gasteiger partial charge in [0.2, 0.25) is 5.91 Å². The van der Waals surface area contributed by atoms with Gasteiger partial charge in [0.25, 0.3) is 0 Å². The van der Waals surface area contributed by atoms with Gasteiger partial charge < -0.3 is 9.80 Å². The average molecular weight is 649 g/mol. The fourth-order valence-corrected chi connectivity index (χ4v) is 8.32. The molecule has 0 radical (unpaired) electrons. The van der Waals surface area contributed by atoms with E-state index in [0.29, 0.717) is 24.2 Å². The van der Waals surface area contributed by atoms with Crippen LogP contribution in [0.4, 0.5) is 18.9 Å². The lowest BCUT2D eigenvalue weighted by molar-refractivity contribution is -0.171. The minimum Gasteiger partial charge on any atom is -0.338 e. The first-order valence-electron chi connectivity index (χ1n) is 13.8. The van der Waals surface area contributed by atoms with Gasteiger partial charge in [0.15, 0.2) is 9.84 Å². The maximum absolute atomic E-state index is 13.9. The molecule has 0 unspecified atom stereocenters. The maximum Gasteiger partial charge on any atom is 0.471 e. The van der Waals surface area contributed by atoms with Gasteiger partial charge in [-0.2, -0.15) is 13.2 Å². The molecule has 42 heavy (non-hydrogen) atoms. The second-order valence-corrected chi connectivity index (χ2v) is 14.2. The number of amides is 2. The number of carbonyl (C=O) groups excluding carboxylic acids is 2. The van der Waals surface area contributed by atoms with Gasteiger partial charge >= 0.3 is 12.1 Å².